The van der Waals surface area contributed by atoms with Crippen molar-refractivity contribution in [3.8, 4) is 5.75 Å². The number of aliphatic hydroxyl groups is 1. The number of fused-ring (bicyclic) bond motifs is 1. The zero-order chi connectivity index (χ0) is 17.8. The van der Waals surface area contributed by atoms with Gasteiger partial charge in [-0.15, -0.1) is 0 Å². The van der Waals surface area contributed by atoms with Gasteiger partial charge in [-0.3, -0.25) is 9.69 Å². The molecule has 1 unspecified atom stereocenters. The molecule has 1 aliphatic heterocycles. The van der Waals surface area contributed by atoms with Gasteiger partial charge in [0.05, 0.1) is 13.7 Å². The number of carbonyl (C=O) groups excluding carboxylic acids is 1. The van der Waals surface area contributed by atoms with Gasteiger partial charge in [0.15, 0.2) is 0 Å². The first-order valence-electron chi connectivity index (χ1n) is 8.90. The number of ether oxygens (including phenoxy) is 1. The minimum Gasteiger partial charge on any atom is -0.497 e. The van der Waals surface area contributed by atoms with E-state index in [0.29, 0.717) is 12.2 Å². The average Bonchev–Trinajstić information content (AvgIpc) is 2.98. The molecule has 1 aliphatic rings. The van der Waals surface area contributed by atoms with Crippen molar-refractivity contribution in [2.24, 2.45) is 7.05 Å². The second-order valence-electron chi connectivity index (χ2n) is 6.64. The minimum absolute atomic E-state index is 0.0739. The molecule has 0 spiro atoms. The molecule has 6 nitrogen and oxygen atoms in total. The Hall–Kier alpha value is -2.05. The van der Waals surface area contributed by atoms with Crippen LogP contribution in [0.15, 0.2) is 24.3 Å². The van der Waals surface area contributed by atoms with Crippen molar-refractivity contribution >= 4 is 16.8 Å². The highest BCUT2D eigenvalue weighted by molar-refractivity contribution is 5.99. The highest BCUT2D eigenvalue weighted by Crippen LogP contribution is 2.23. The van der Waals surface area contributed by atoms with Gasteiger partial charge in [-0.25, -0.2) is 0 Å². The Morgan fingerprint density at radius 3 is 2.96 bits per heavy atom. The summed E-state index contributed by atoms with van der Waals surface area (Å²) in [6.07, 6.45) is 3.37. The summed E-state index contributed by atoms with van der Waals surface area (Å²) in [5, 5.41) is 13.5. The first-order valence-corrected chi connectivity index (χ1v) is 8.90. The van der Waals surface area contributed by atoms with E-state index in [1.807, 2.05) is 35.9 Å². The number of nitrogens with zero attached hydrogens (tertiary/aromatic N) is 2. The van der Waals surface area contributed by atoms with Gasteiger partial charge in [0, 0.05) is 37.1 Å². The molecule has 3 rings (SSSR count). The molecule has 1 atom stereocenters. The van der Waals surface area contributed by atoms with E-state index in [1.54, 1.807) is 7.11 Å². The lowest BCUT2D eigenvalue weighted by atomic mass is 10.0. The Balaban J connectivity index is 1.63. The van der Waals surface area contributed by atoms with Crippen LogP contribution in [0.25, 0.3) is 10.9 Å². The van der Waals surface area contributed by atoms with E-state index in [1.165, 1.54) is 6.42 Å². The number of aromatic nitrogens is 1. The molecule has 0 radical (unpaired) electrons. The molecule has 1 amide bonds. The third kappa shape index (κ3) is 3.80. The Bertz CT molecular complexity index is 741. The first-order chi connectivity index (χ1) is 12.1. The van der Waals surface area contributed by atoms with Crippen LogP contribution in [-0.2, 0) is 7.05 Å². The predicted molar refractivity (Wildman–Crippen MR) is 98.1 cm³/mol. The molecule has 1 saturated heterocycles. The molecule has 1 aromatic carbocycles. The summed E-state index contributed by atoms with van der Waals surface area (Å²) in [6.45, 7) is 2.54. The van der Waals surface area contributed by atoms with Crippen LogP contribution in [0.1, 0.15) is 29.8 Å². The monoisotopic (exact) mass is 345 g/mol. The maximum Gasteiger partial charge on any atom is 0.267 e. The molecule has 25 heavy (non-hydrogen) atoms. The summed E-state index contributed by atoms with van der Waals surface area (Å²) in [5.41, 5.74) is 1.64. The lowest BCUT2D eigenvalue weighted by Gasteiger charge is -2.34. The van der Waals surface area contributed by atoms with Gasteiger partial charge in [-0.1, -0.05) is 6.42 Å². The van der Waals surface area contributed by atoms with E-state index in [2.05, 4.69) is 10.2 Å². The van der Waals surface area contributed by atoms with Crippen LogP contribution >= 0.6 is 0 Å². The number of methoxy groups -OCH3 is 1. The van der Waals surface area contributed by atoms with Crippen molar-refractivity contribution < 1.29 is 14.6 Å². The average molecular weight is 345 g/mol. The third-order valence-electron chi connectivity index (χ3n) is 5.13. The molecule has 2 N–H and O–H groups in total. The van der Waals surface area contributed by atoms with Gasteiger partial charge >= 0.3 is 0 Å². The van der Waals surface area contributed by atoms with Crippen LogP contribution < -0.4 is 10.1 Å². The van der Waals surface area contributed by atoms with Crippen molar-refractivity contribution in [1.29, 1.82) is 0 Å². The molecule has 2 heterocycles. The molecule has 0 saturated carbocycles. The summed E-state index contributed by atoms with van der Waals surface area (Å²) >= 11 is 0. The van der Waals surface area contributed by atoms with Gasteiger partial charge in [-0.2, -0.15) is 0 Å². The molecule has 1 fully saturated rings. The van der Waals surface area contributed by atoms with E-state index in [9.17, 15) is 9.90 Å². The van der Waals surface area contributed by atoms with Gasteiger partial charge in [0.25, 0.3) is 5.91 Å². The molecular weight excluding hydrogens is 318 g/mol. The zero-order valence-corrected chi connectivity index (χ0v) is 15.0. The van der Waals surface area contributed by atoms with Crippen LogP contribution in [0, 0.1) is 0 Å². The van der Waals surface area contributed by atoms with Crippen LogP contribution in [0.4, 0.5) is 0 Å². The van der Waals surface area contributed by atoms with E-state index >= 15 is 0 Å². The second-order valence-corrected chi connectivity index (χ2v) is 6.64. The van der Waals surface area contributed by atoms with Crippen LogP contribution in [0.2, 0.25) is 0 Å². The van der Waals surface area contributed by atoms with E-state index in [4.69, 9.17) is 4.74 Å². The Kier molecular flexibility index (Phi) is 5.60. The van der Waals surface area contributed by atoms with Crippen LogP contribution in [0.3, 0.4) is 0 Å². The van der Waals surface area contributed by atoms with E-state index in [-0.39, 0.29) is 18.6 Å². The Labute approximate surface area is 148 Å². The summed E-state index contributed by atoms with van der Waals surface area (Å²) in [4.78, 5) is 14.8. The zero-order valence-electron chi connectivity index (χ0n) is 15.0. The van der Waals surface area contributed by atoms with E-state index in [0.717, 1.165) is 42.6 Å². The number of piperidine rings is 1. The fourth-order valence-corrected chi connectivity index (χ4v) is 3.64. The first kappa shape index (κ1) is 17.8. The van der Waals surface area contributed by atoms with Gasteiger partial charge in [-0.05, 0) is 43.7 Å². The van der Waals surface area contributed by atoms with Crippen molar-refractivity contribution in [1.82, 2.24) is 14.8 Å². The topological polar surface area (TPSA) is 66.7 Å². The molecular formula is C19H27N3O3. The number of aliphatic hydroxyl groups excluding tert-OH is 1. The SMILES string of the molecule is COc1ccc2c(c1)cc(C(=O)NCCN1CCCCC1CO)n2C. The number of hydrogen-bond donors (Lipinski definition) is 2. The smallest absolute Gasteiger partial charge is 0.267 e. The number of carbonyl (C=O) groups is 1. The van der Waals surface area contributed by atoms with E-state index < -0.39 is 0 Å². The highest BCUT2D eigenvalue weighted by atomic mass is 16.5. The summed E-state index contributed by atoms with van der Waals surface area (Å²) in [6, 6.07) is 7.92. The van der Waals surface area contributed by atoms with Gasteiger partial charge in [0.2, 0.25) is 0 Å². The predicted octanol–water partition coefficient (Wildman–Crippen LogP) is 1.76. The minimum atomic E-state index is -0.0739. The summed E-state index contributed by atoms with van der Waals surface area (Å²) < 4.78 is 7.15. The number of amides is 1. The molecule has 1 aromatic heterocycles. The summed E-state index contributed by atoms with van der Waals surface area (Å²) in [7, 11) is 3.54. The van der Waals surface area contributed by atoms with Crippen molar-refractivity contribution in [2.75, 3.05) is 33.4 Å². The molecule has 0 bridgehead atoms. The fraction of sp³-hybridized carbons (Fsp3) is 0.526. The van der Waals surface area contributed by atoms with Crippen molar-refractivity contribution in [3.63, 3.8) is 0 Å². The number of hydrogen-bond acceptors (Lipinski definition) is 4. The molecule has 6 heteroatoms. The maximum absolute atomic E-state index is 12.6. The lowest BCUT2D eigenvalue weighted by Crippen LogP contribution is -2.45. The fourth-order valence-electron chi connectivity index (χ4n) is 3.64. The molecule has 0 aliphatic carbocycles. The highest BCUT2D eigenvalue weighted by Gasteiger charge is 2.21. The van der Waals surface area contributed by atoms with Crippen LogP contribution in [0.5, 0.6) is 5.75 Å². The number of likely N-dealkylation sites (tertiary alicyclic amines) is 1. The Morgan fingerprint density at radius 1 is 1.36 bits per heavy atom. The number of rotatable bonds is 6. The largest absolute Gasteiger partial charge is 0.497 e. The second kappa shape index (κ2) is 7.89. The summed E-state index contributed by atoms with van der Waals surface area (Å²) in [5.74, 6) is 0.709. The standard InChI is InChI=1S/C19H27N3O3/c1-21-17-7-6-16(25-2)11-14(17)12-18(21)19(24)20-8-10-22-9-4-3-5-15(22)13-23/h6-7,11-12,15,23H,3-5,8-10,13H2,1-2H3,(H,20,24). The molecule has 136 valence electrons. The molecule has 2 aromatic rings. The lowest BCUT2D eigenvalue weighted by molar-refractivity contribution is 0.0845. The van der Waals surface area contributed by atoms with Crippen molar-refractivity contribution in [3.05, 3.63) is 30.0 Å². The number of aryl methyl sites for hydroxylation is 1. The van der Waals surface area contributed by atoms with Gasteiger partial charge in [0.1, 0.15) is 11.4 Å². The maximum atomic E-state index is 12.6. The third-order valence-corrected chi connectivity index (χ3v) is 5.13. The normalized spacial score (nSPS) is 18.4. The van der Waals surface area contributed by atoms with Crippen LogP contribution in [-0.4, -0.2) is 59.9 Å². The number of nitrogens with one attached hydrogen (secondary N) is 1. The quantitative estimate of drug-likeness (QED) is 0.837. The Morgan fingerprint density at radius 2 is 2.20 bits per heavy atom. The van der Waals surface area contributed by atoms with Gasteiger partial charge < -0.3 is 19.7 Å². The van der Waals surface area contributed by atoms with Crippen molar-refractivity contribution in [2.45, 2.75) is 25.3 Å². The number of benzene rings is 1.